The van der Waals surface area contributed by atoms with Gasteiger partial charge in [-0.2, -0.15) is 0 Å². The molecule has 122 valence electrons. The van der Waals surface area contributed by atoms with E-state index in [-0.39, 0.29) is 11.7 Å². The van der Waals surface area contributed by atoms with Crippen LogP contribution in [-0.2, 0) is 11.3 Å². The Balaban J connectivity index is 1.71. The number of nitrogens with zero attached hydrogens (tertiary/aromatic N) is 1. The summed E-state index contributed by atoms with van der Waals surface area (Å²) in [5.74, 6) is -0.362. The Hall–Kier alpha value is -2.73. The van der Waals surface area contributed by atoms with E-state index in [1.54, 1.807) is 18.2 Å². The quantitative estimate of drug-likeness (QED) is 0.726. The van der Waals surface area contributed by atoms with Gasteiger partial charge < -0.3 is 10.6 Å². The van der Waals surface area contributed by atoms with Crippen LogP contribution in [-0.4, -0.2) is 10.9 Å². The maximum Gasteiger partial charge on any atom is 0.217 e. The molecule has 1 amide bonds. The van der Waals surface area contributed by atoms with Crippen LogP contribution in [0.5, 0.6) is 0 Å². The van der Waals surface area contributed by atoms with Gasteiger partial charge in [0.1, 0.15) is 5.82 Å². The van der Waals surface area contributed by atoms with Gasteiger partial charge in [0.05, 0.1) is 11.4 Å². The van der Waals surface area contributed by atoms with Gasteiger partial charge in [-0.25, -0.2) is 9.37 Å². The van der Waals surface area contributed by atoms with Gasteiger partial charge in [-0.3, -0.25) is 4.79 Å². The standard InChI is InChI=1S/C18H16FN3OS/c1-12(23)20-10-13-6-8-14(9-7-13)17-11-24-18(22-17)21-16-5-3-2-4-15(16)19/h2-9,11H,10H2,1H3,(H,20,23)(H,21,22). The summed E-state index contributed by atoms with van der Waals surface area (Å²) >= 11 is 1.42. The number of nitrogens with one attached hydrogen (secondary N) is 2. The molecule has 24 heavy (non-hydrogen) atoms. The molecule has 0 aliphatic heterocycles. The second-order valence-corrected chi connectivity index (χ2v) is 6.11. The van der Waals surface area contributed by atoms with Crippen molar-refractivity contribution in [2.75, 3.05) is 5.32 Å². The zero-order valence-electron chi connectivity index (χ0n) is 13.0. The van der Waals surface area contributed by atoms with Gasteiger partial charge in [-0.05, 0) is 17.7 Å². The van der Waals surface area contributed by atoms with Crippen LogP contribution in [0.25, 0.3) is 11.3 Å². The first-order valence-electron chi connectivity index (χ1n) is 7.42. The van der Waals surface area contributed by atoms with Crippen molar-refractivity contribution in [1.29, 1.82) is 0 Å². The molecule has 2 aromatic carbocycles. The molecule has 0 saturated heterocycles. The minimum absolute atomic E-state index is 0.0533. The number of benzene rings is 2. The SMILES string of the molecule is CC(=O)NCc1ccc(-c2csc(Nc3ccccc3F)n2)cc1. The summed E-state index contributed by atoms with van der Waals surface area (Å²) < 4.78 is 13.7. The molecule has 0 bridgehead atoms. The third kappa shape index (κ3) is 3.97. The van der Waals surface area contributed by atoms with E-state index in [1.807, 2.05) is 29.6 Å². The van der Waals surface area contributed by atoms with E-state index in [1.165, 1.54) is 24.3 Å². The van der Waals surface area contributed by atoms with Gasteiger partial charge in [0, 0.05) is 24.4 Å². The van der Waals surface area contributed by atoms with E-state index in [2.05, 4.69) is 15.6 Å². The number of hydrogen-bond donors (Lipinski definition) is 2. The van der Waals surface area contributed by atoms with Crippen molar-refractivity contribution in [3.05, 3.63) is 65.3 Å². The monoisotopic (exact) mass is 341 g/mol. The molecule has 0 aliphatic rings. The second kappa shape index (κ2) is 7.23. The predicted molar refractivity (Wildman–Crippen MR) is 94.8 cm³/mol. The van der Waals surface area contributed by atoms with Crippen molar-refractivity contribution >= 4 is 28.1 Å². The highest BCUT2D eigenvalue weighted by atomic mass is 32.1. The van der Waals surface area contributed by atoms with Gasteiger partial charge in [0.25, 0.3) is 0 Å². The molecule has 4 nitrogen and oxygen atoms in total. The van der Waals surface area contributed by atoms with Crippen LogP contribution in [0.3, 0.4) is 0 Å². The summed E-state index contributed by atoms with van der Waals surface area (Å²) in [6.07, 6.45) is 0. The van der Waals surface area contributed by atoms with Crippen LogP contribution in [0.4, 0.5) is 15.2 Å². The van der Waals surface area contributed by atoms with Crippen molar-refractivity contribution in [3.63, 3.8) is 0 Å². The number of carbonyl (C=O) groups is 1. The Morgan fingerprint density at radius 2 is 1.92 bits per heavy atom. The van der Waals surface area contributed by atoms with E-state index in [4.69, 9.17) is 0 Å². The Morgan fingerprint density at radius 3 is 2.62 bits per heavy atom. The van der Waals surface area contributed by atoms with Gasteiger partial charge in [0.2, 0.25) is 5.91 Å². The van der Waals surface area contributed by atoms with Crippen molar-refractivity contribution in [1.82, 2.24) is 10.3 Å². The third-order valence-corrected chi connectivity index (χ3v) is 4.17. The highest BCUT2D eigenvalue weighted by molar-refractivity contribution is 7.14. The molecule has 1 aromatic heterocycles. The predicted octanol–water partition coefficient (Wildman–Crippen LogP) is 4.33. The summed E-state index contributed by atoms with van der Waals surface area (Å²) in [7, 11) is 0. The van der Waals surface area contributed by atoms with Gasteiger partial charge in [0.15, 0.2) is 5.13 Å². The summed E-state index contributed by atoms with van der Waals surface area (Å²) in [6, 6.07) is 14.3. The van der Waals surface area contributed by atoms with Crippen molar-refractivity contribution in [2.24, 2.45) is 0 Å². The van der Waals surface area contributed by atoms with Crippen LogP contribution in [0, 0.1) is 5.82 Å². The van der Waals surface area contributed by atoms with Crippen LogP contribution >= 0.6 is 11.3 Å². The van der Waals surface area contributed by atoms with E-state index in [9.17, 15) is 9.18 Å². The first-order chi connectivity index (χ1) is 11.6. The molecular formula is C18H16FN3OS. The highest BCUT2D eigenvalue weighted by Gasteiger charge is 2.07. The van der Waals surface area contributed by atoms with E-state index < -0.39 is 0 Å². The molecule has 0 fully saturated rings. The lowest BCUT2D eigenvalue weighted by atomic mass is 10.1. The van der Waals surface area contributed by atoms with Crippen molar-refractivity contribution < 1.29 is 9.18 Å². The molecule has 3 rings (SSSR count). The normalized spacial score (nSPS) is 10.4. The lowest BCUT2D eigenvalue weighted by Crippen LogP contribution is -2.18. The third-order valence-electron chi connectivity index (χ3n) is 3.41. The molecule has 0 radical (unpaired) electrons. The highest BCUT2D eigenvalue weighted by Crippen LogP contribution is 2.28. The van der Waals surface area contributed by atoms with Crippen LogP contribution in [0.2, 0.25) is 0 Å². The molecule has 0 unspecified atom stereocenters. The topological polar surface area (TPSA) is 54.0 Å². The van der Waals surface area contributed by atoms with Crippen molar-refractivity contribution in [2.45, 2.75) is 13.5 Å². The lowest BCUT2D eigenvalue weighted by molar-refractivity contribution is -0.119. The number of anilines is 2. The average Bonchev–Trinajstić information content (AvgIpc) is 3.04. The van der Waals surface area contributed by atoms with E-state index in [0.717, 1.165) is 16.8 Å². The zero-order valence-corrected chi connectivity index (χ0v) is 13.9. The first-order valence-corrected chi connectivity index (χ1v) is 8.30. The van der Waals surface area contributed by atoms with Gasteiger partial charge >= 0.3 is 0 Å². The maximum absolute atomic E-state index is 13.7. The van der Waals surface area contributed by atoms with E-state index >= 15 is 0 Å². The number of rotatable bonds is 5. The Labute approximate surface area is 143 Å². The van der Waals surface area contributed by atoms with Crippen LogP contribution < -0.4 is 10.6 Å². The Morgan fingerprint density at radius 1 is 1.17 bits per heavy atom. The van der Waals surface area contributed by atoms with Gasteiger partial charge in [-0.15, -0.1) is 11.3 Å². The number of halogens is 1. The van der Waals surface area contributed by atoms with Crippen molar-refractivity contribution in [3.8, 4) is 11.3 Å². The molecule has 6 heteroatoms. The summed E-state index contributed by atoms with van der Waals surface area (Å²) in [6.45, 7) is 2.00. The number of thiazole rings is 1. The first kappa shape index (κ1) is 16.1. The minimum Gasteiger partial charge on any atom is -0.352 e. The molecule has 2 N–H and O–H groups in total. The number of hydrogen-bond acceptors (Lipinski definition) is 4. The van der Waals surface area contributed by atoms with Crippen LogP contribution in [0.15, 0.2) is 53.9 Å². The fourth-order valence-electron chi connectivity index (χ4n) is 2.16. The van der Waals surface area contributed by atoms with E-state index in [0.29, 0.717) is 17.4 Å². The number of carbonyl (C=O) groups excluding carboxylic acids is 1. The Bertz CT molecular complexity index is 845. The smallest absolute Gasteiger partial charge is 0.217 e. The fraction of sp³-hybridized carbons (Fsp3) is 0.111. The summed E-state index contributed by atoms with van der Waals surface area (Å²) in [5, 5.41) is 8.31. The molecule has 1 heterocycles. The minimum atomic E-state index is -0.309. The molecule has 0 aliphatic carbocycles. The fourth-order valence-corrected chi connectivity index (χ4v) is 2.89. The summed E-state index contributed by atoms with van der Waals surface area (Å²) in [4.78, 5) is 15.4. The molecule has 0 atom stereocenters. The molecule has 0 saturated carbocycles. The largest absolute Gasteiger partial charge is 0.352 e. The number of aromatic nitrogens is 1. The van der Waals surface area contributed by atoms with Gasteiger partial charge in [-0.1, -0.05) is 36.4 Å². The average molecular weight is 341 g/mol. The second-order valence-electron chi connectivity index (χ2n) is 5.25. The number of para-hydroxylation sites is 1. The zero-order chi connectivity index (χ0) is 16.9. The Kier molecular flexibility index (Phi) is 4.86. The number of amides is 1. The molecule has 0 spiro atoms. The maximum atomic E-state index is 13.7. The summed E-state index contributed by atoms with van der Waals surface area (Å²) in [5.41, 5.74) is 3.22. The van der Waals surface area contributed by atoms with Crippen LogP contribution in [0.1, 0.15) is 12.5 Å². The molecular weight excluding hydrogens is 325 g/mol. The molecule has 3 aromatic rings. The lowest BCUT2D eigenvalue weighted by Gasteiger charge is -2.04.